The second-order valence-corrected chi connectivity index (χ2v) is 12.0. The number of benzene rings is 4. The van der Waals surface area contributed by atoms with E-state index in [0.29, 0.717) is 11.1 Å². The van der Waals surface area contributed by atoms with Gasteiger partial charge in [0.1, 0.15) is 0 Å². The Balaban J connectivity index is 1.63. The molecule has 0 saturated heterocycles. The summed E-state index contributed by atoms with van der Waals surface area (Å²) in [4.78, 5) is 22.9. The molecule has 0 unspecified atom stereocenters. The molecule has 43 heavy (non-hydrogen) atoms. The van der Waals surface area contributed by atoms with Crippen LogP contribution in [0.1, 0.15) is 110 Å². The van der Waals surface area contributed by atoms with Crippen molar-refractivity contribution in [2.24, 2.45) is 0 Å². The Morgan fingerprint density at radius 1 is 0.512 bits per heavy atom. The van der Waals surface area contributed by atoms with Crippen LogP contribution in [0.25, 0.3) is 33.4 Å². The van der Waals surface area contributed by atoms with Crippen LogP contribution in [0.4, 0.5) is 0 Å². The highest BCUT2D eigenvalue weighted by Gasteiger charge is 2.42. The number of hydrogen-bond donors (Lipinski definition) is 2. The maximum atomic E-state index is 11.5. The molecule has 4 nitrogen and oxygen atoms in total. The molecule has 4 aromatic rings. The van der Waals surface area contributed by atoms with Gasteiger partial charge in [0.25, 0.3) is 0 Å². The van der Waals surface area contributed by atoms with Gasteiger partial charge in [0.2, 0.25) is 0 Å². The molecule has 5 rings (SSSR count). The second-order valence-electron chi connectivity index (χ2n) is 12.0. The number of fused-ring (bicyclic) bond motifs is 3. The van der Waals surface area contributed by atoms with Crippen molar-refractivity contribution in [2.75, 3.05) is 0 Å². The van der Waals surface area contributed by atoms with Gasteiger partial charge in [-0.15, -0.1) is 0 Å². The van der Waals surface area contributed by atoms with Gasteiger partial charge in [-0.3, -0.25) is 0 Å². The molecular formula is C39H42O4. The van der Waals surface area contributed by atoms with E-state index < -0.39 is 11.9 Å². The molecule has 0 aromatic heterocycles. The monoisotopic (exact) mass is 574 g/mol. The van der Waals surface area contributed by atoms with E-state index in [4.69, 9.17) is 0 Å². The van der Waals surface area contributed by atoms with Crippen LogP contribution in [-0.2, 0) is 5.41 Å². The van der Waals surface area contributed by atoms with E-state index in [2.05, 4.69) is 50.2 Å². The Kier molecular flexibility index (Phi) is 9.45. The summed E-state index contributed by atoms with van der Waals surface area (Å²) in [6.45, 7) is 4.51. The Labute approximate surface area is 255 Å². The highest BCUT2D eigenvalue weighted by molar-refractivity contribution is 5.90. The molecule has 222 valence electrons. The van der Waals surface area contributed by atoms with Crippen molar-refractivity contribution in [2.45, 2.75) is 83.5 Å². The van der Waals surface area contributed by atoms with E-state index in [9.17, 15) is 19.8 Å². The first-order chi connectivity index (χ1) is 20.9. The van der Waals surface area contributed by atoms with Crippen molar-refractivity contribution >= 4 is 11.9 Å². The van der Waals surface area contributed by atoms with Crippen LogP contribution < -0.4 is 0 Å². The lowest BCUT2D eigenvalue weighted by Gasteiger charge is -2.33. The molecule has 0 bridgehead atoms. The van der Waals surface area contributed by atoms with Crippen LogP contribution in [-0.4, -0.2) is 22.2 Å². The van der Waals surface area contributed by atoms with Gasteiger partial charge in [0.05, 0.1) is 11.1 Å². The third-order valence-electron chi connectivity index (χ3n) is 9.21. The van der Waals surface area contributed by atoms with Crippen molar-refractivity contribution in [3.8, 4) is 33.4 Å². The molecule has 0 spiro atoms. The van der Waals surface area contributed by atoms with Gasteiger partial charge in [-0.2, -0.15) is 0 Å². The fourth-order valence-corrected chi connectivity index (χ4v) is 6.84. The zero-order valence-corrected chi connectivity index (χ0v) is 25.4. The van der Waals surface area contributed by atoms with E-state index in [1.807, 2.05) is 24.3 Å². The van der Waals surface area contributed by atoms with Gasteiger partial charge >= 0.3 is 11.9 Å². The summed E-state index contributed by atoms with van der Waals surface area (Å²) >= 11 is 0. The van der Waals surface area contributed by atoms with Gasteiger partial charge < -0.3 is 10.2 Å². The van der Waals surface area contributed by atoms with Crippen LogP contribution in [0.2, 0.25) is 0 Å². The second kappa shape index (κ2) is 13.4. The predicted octanol–water partition coefficient (Wildman–Crippen LogP) is 10.6. The van der Waals surface area contributed by atoms with Crippen LogP contribution >= 0.6 is 0 Å². The summed E-state index contributed by atoms with van der Waals surface area (Å²) < 4.78 is 0. The average Bonchev–Trinajstić information content (AvgIpc) is 3.30. The number of aromatic carboxylic acids is 2. The smallest absolute Gasteiger partial charge is 0.335 e. The summed E-state index contributed by atoms with van der Waals surface area (Å²) in [5.41, 5.74) is 10.1. The molecular weight excluding hydrogens is 532 g/mol. The van der Waals surface area contributed by atoms with E-state index in [1.54, 1.807) is 24.3 Å². The maximum absolute atomic E-state index is 11.5. The third-order valence-corrected chi connectivity index (χ3v) is 9.21. The fourth-order valence-electron chi connectivity index (χ4n) is 6.84. The van der Waals surface area contributed by atoms with Crippen molar-refractivity contribution in [1.29, 1.82) is 0 Å². The Hall–Kier alpha value is -4.18. The summed E-state index contributed by atoms with van der Waals surface area (Å²) in [7, 11) is 0. The van der Waals surface area contributed by atoms with E-state index >= 15 is 0 Å². The molecule has 4 heteroatoms. The number of unbranched alkanes of at least 4 members (excludes halogenated alkanes) is 6. The standard InChI is InChI=1S/C39H42O4/c1-3-5-7-9-23-39(24-10-8-6-4-2)35-25-31(27-11-15-29(16-12-27)37(40)41)19-21-33(35)34-22-20-32(26-36(34)39)28-13-17-30(18-14-28)38(42)43/h11-22,25-26H,3-10,23-24H2,1-2H3,(H,40,41)(H,42,43). The van der Waals surface area contributed by atoms with Crippen LogP contribution in [0, 0.1) is 0 Å². The quantitative estimate of drug-likeness (QED) is 0.147. The molecule has 0 fully saturated rings. The summed E-state index contributed by atoms with van der Waals surface area (Å²) in [5, 5.41) is 18.8. The SMILES string of the molecule is CCCCCCC1(CCCCCC)c2cc(-c3ccc(C(=O)O)cc3)ccc2-c2ccc(-c3ccc(C(=O)O)cc3)cc21. The number of rotatable bonds is 14. The number of carboxylic acids is 2. The van der Waals surface area contributed by atoms with E-state index in [-0.39, 0.29) is 5.41 Å². The van der Waals surface area contributed by atoms with Crippen molar-refractivity contribution in [1.82, 2.24) is 0 Å². The Morgan fingerprint density at radius 3 is 1.23 bits per heavy atom. The van der Waals surface area contributed by atoms with Gasteiger partial charge in [-0.25, -0.2) is 9.59 Å². The third kappa shape index (κ3) is 6.29. The maximum Gasteiger partial charge on any atom is 0.335 e. The lowest BCUT2D eigenvalue weighted by Crippen LogP contribution is -2.25. The molecule has 1 aliphatic carbocycles. The highest BCUT2D eigenvalue weighted by atomic mass is 16.4. The molecule has 2 N–H and O–H groups in total. The van der Waals surface area contributed by atoms with E-state index in [1.165, 1.54) is 60.8 Å². The molecule has 1 aliphatic rings. The molecule has 0 aliphatic heterocycles. The lowest BCUT2D eigenvalue weighted by atomic mass is 9.70. The first-order valence-electron chi connectivity index (χ1n) is 15.8. The molecule has 4 aromatic carbocycles. The first-order valence-corrected chi connectivity index (χ1v) is 15.8. The van der Waals surface area contributed by atoms with Gasteiger partial charge in [-0.05, 0) is 93.7 Å². The van der Waals surface area contributed by atoms with Crippen molar-refractivity contribution < 1.29 is 19.8 Å². The molecule has 0 radical (unpaired) electrons. The van der Waals surface area contributed by atoms with Crippen LogP contribution in [0.3, 0.4) is 0 Å². The van der Waals surface area contributed by atoms with Crippen molar-refractivity contribution in [3.05, 3.63) is 107 Å². The molecule has 0 atom stereocenters. The van der Waals surface area contributed by atoms with Crippen LogP contribution in [0.5, 0.6) is 0 Å². The molecule has 0 saturated carbocycles. The normalized spacial score (nSPS) is 13.0. The average molecular weight is 575 g/mol. The predicted molar refractivity (Wildman–Crippen MR) is 175 cm³/mol. The molecule has 0 heterocycles. The largest absolute Gasteiger partial charge is 0.478 e. The minimum Gasteiger partial charge on any atom is -0.478 e. The van der Waals surface area contributed by atoms with Gasteiger partial charge in [0.15, 0.2) is 0 Å². The zero-order chi connectivity index (χ0) is 30.4. The van der Waals surface area contributed by atoms with Crippen LogP contribution in [0.15, 0.2) is 84.9 Å². The minimum absolute atomic E-state index is 0.111. The topological polar surface area (TPSA) is 74.6 Å². The lowest BCUT2D eigenvalue weighted by molar-refractivity contribution is 0.0686. The molecule has 0 amide bonds. The highest BCUT2D eigenvalue weighted by Crippen LogP contribution is 2.55. The number of carboxylic acid groups (broad SMARTS) is 2. The minimum atomic E-state index is -0.914. The van der Waals surface area contributed by atoms with Crippen molar-refractivity contribution in [3.63, 3.8) is 0 Å². The summed E-state index contributed by atoms with van der Waals surface area (Å²) in [6.07, 6.45) is 11.8. The number of carbonyl (C=O) groups is 2. The zero-order valence-electron chi connectivity index (χ0n) is 25.4. The Morgan fingerprint density at radius 2 is 0.884 bits per heavy atom. The first kappa shape index (κ1) is 30.3. The number of hydrogen-bond acceptors (Lipinski definition) is 2. The fraction of sp³-hybridized carbons (Fsp3) is 0.333. The summed E-state index contributed by atoms with van der Waals surface area (Å²) in [5.74, 6) is -1.83. The van der Waals surface area contributed by atoms with Gasteiger partial charge in [-0.1, -0.05) is 114 Å². The Bertz CT molecular complexity index is 1460. The summed E-state index contributed by atoms with van der Waals surface area (Å²) in [6, 6.07) is 28.0. The van der Waals surface area contributed by atoms with E-state index in [0.717, 1.165) is 47.9 Å². The van der Waals surface area contributed by atoms with Gasteiger partial charge in [0, 0.05) is 5.41 Å².